The summed E-state index contributed by atoms with van der Waals surface area (Å²) in [6.45, 7) is 2.00. The molecule has 0 bridgehead atoms. The maximum Gasteiger partial charge on any atom is 0.123 e. The summed E-state index contributed by atoms with van der Waals surface area (Å²) >= 11 is 12.2. The summed E-state index contributed by atoms with van der Waals surface area (Å²) in [5, 5.41) is 15.0. The Morgan fingerprint density at radius 2 is 1.52 bits per heavy atom. The molecule has 2 N–H and O–H groups in total. The quantitative estimate of drug-likeness (QED) is 0.478. The fraction of sp³-hybridized carbons (Fsp3) is 0.182. The van der Waals surface area contributed by atoms with E-state index in [1.54, 1.807) is 24.3 Å². The van der Waals surface area contributed by atoms with Gasteiger partial charge in [-0.05, 0) is 54.4 Å². The number of halogens is 3. The molecule has 3 aromatic rings. The van der Waals surface area contributed by atoms with Gasteiger partial charge >= 0.3 is 0 Å². The second-order valence-corrected chi connectivity index (χ2v) is 7.35. The molecule has 0 saturated carbocycles. The van der Waals surface area contributed by atoms with E-state index in [-0.39, 0.29) is 11.9 Å². The van der Waals surface area contributed by atoms with Gasteiger partial charge < -0.3 is 10.4 Å². The molecule has 0 radical (unpaired) electrons. The molecule has 3 rings (SSSR count). The summed E-state index contributed by atoms with van der Waals surface area (Å²) in [4.78, 5) is 0. The zero-order valence-corrected chi connectivity index (χ0v) is 16.3. The summed E-state index contributed by atoms with van der Waals surface area (Å²) in [5.74, 6) is -0.300. The molecular weight excluding hydrogens is 384 g/mol. The van der Waals surface area contributed by atoms with Crippen LogP contribution in [-0.2, 0) is 0 Å². The van der Waals surface area contributed by atoms with Crippen molar-refractivity contribution in [1.82, 2.24) is 0 Å². The number of hydrogen-bond acceptors (Lipinski definition) is 2. The van der Waals surface area contributed by atoms with Crippen molar-refractivity contribution >= 4 is 28.9 Å². The molecule has 3 aromatic carbocycles. The van der Waals surface area contributed by atoms with Crippen molar-refractivity contribution < 1.29 is 9.50 Å². The van der Waals surface area contributed by atoms with Crippen LogP contribution in [0.25, 0.3) is 0 Å². The highest BCUT2D eigenvalue weighted by Gasteiger charge is 2.19. The average Bonchev–Trinajstić information content (AvgIpc) is 2.65. The summed E-state index contributed by atoms with van der Waals surface area (Å²) in [6.07, 6.45) is -0.253. The van der Waals surface area contributed by atoms with E-state index < -0.39 is 6.10 Å². The first-order valence-corrected chi connectivity index (χ1v) is 9.39. The minimum absolute atomic E-state index is 0.235. The predicted molar refractivity (Wildman–Crippen MR) is 110 cm³/mol. The Balaban J connectivity index is 1.87. The van der Waals surface area contributed by atoms with Gasteiger partial charge in [0.15, 0.2) is 0 Å². The fourth-order valence-electron chi connectivity index (χ4n) is 2.90. The molecule has 0 spiro atoms. The normalized spacial score (nSPS) is 13.2. The van der Waals surface area contributed by atoms with Crippen LogP contribution in [-0.4, -0.2) is 5.11 Å². The van der Waals surface area contributed by atoms with E-state index in [4.69, 9.17) is 23.2 Å². The Bertz CT molecular complexity index is 897. The lowest BCUT2D eigenvalue weighted by Gasteiger charge is -2.24. The van der Waals surface area contributed by atoms with Crippen molar-refractivity contribution in [3.05, 3.63) is 99.3 Å². The van der Waals surface area contributed by atoms with Crippen LogP contribution >= 0.6 is 23.2 Å². The third-order valence-electron chi connectivity index (χ3n) is 4.45. The van der Waals surface area contributed by atoms with Crippen molar-refractivity contribution in [3.8, 4) is 0 Å². The highest BCUT2D eigenvalue weighted by Crippen LogP contribution is 2.33. The molecule has 5 heteroatoms. The van der Waals surface area contributed by atoms with Gasteiger partial charge in [-0.1, -0.05) is 59.1 Å². The lowest BCUT2D eigenvalue weighted by Crippen LogP contribution is -2.15. The van der Waals surface area contributed by atoms with Crippen LogP contribution in [0.3, 0.4) is 0 Å². The minimum atomic E-state index is -0.669. The lowest BCUT2D eigenvalue weighted by atomic mass is 9.96. The minimum Gasteiger partial charge on any atom is -0.388 e. The van der Waals surface area contributed by atoms with Crippen molar-refractivity contribution in [2.45, 2.75) is 25.5 Å². The molecule has 2 unspecified atom stereocenters. The molecule has 0 aromatic heterocycles. The number of aryl methyl sites for hydroxylation is 1. The van der Waals surface area contributed by atoms with Crippen molar-refractivity contribution in [2.75, 3.05) is 5.32 Å². The number of anilines is 1. The summed E-state index contributed by atoms with van der Waals surface area (Å²) in [6, 6.07) is 19.1. The highest BCUT2D eigenvalue weighted by molar-refractivity contribution is 6.42. The summed E-state index contributed by atoms with van der Waals surface area (Å²) in [7, 11) is 0. The van der Waals surface area contributed by atoms with Crippen LogP contribution in [0.15, 0.2) is 66.7 Å². The van der Waals surface area contributed by atoms with E-state index in [2.05, 4.69) is 5.32 Å². The molecule has 0 fully saturated rings. The largest absolute Gasteiger partial charge is 0.388 e. The summed E-state index contributed by atoms with van der Waals surface area (Å²) in [5.41, 5.74) is 3.62. The molecule has 2 atom stereocenters. The maximum absolute atomic E-state index is 13.2. The number of hydrogen-bond donors (Lipinski definition) is 2. The molecule has 0 aliphatic rings. The third kappa shape index (κ3) is 5.23. The molecule has 0 aliphatic carbocycles. The predicted octanol–water partition coefficient (Wildman–Crippen LogP) is 6.72. The second-order valence-electron chi connectivity index (χ2n) is 6.54. The van der Waals surface area contributed by atoms with E-state index in [1.165, 1.54) is 12.1 Å². The van der Waals surface area contributed by atoms with Crippen molar-refractivity contribution in [2.24, 2.45) is 0 Å². The number of benzene rings is 3. The van der Waals surface area contributed by atoms with E-state index >= 15 is 0 Å². The Labute approximate surface area is 168 Å². The number of nitrogens with one attached hydrogen (secondary N) is 1. The maximum atomic E-state index is 13.2. The molecule has 0 saturated heterocycles. The SMILES string of the molecule is Cc1ccc(C(O)CC(Nc2ccc(F)cc2)c2ccc(Cl)c(Cl)c2)cc1. The van der Waals surface area contributed by atoms with Gasteiger partial charge in [-0.3, -0.25) is 0 Å². The second kappa shape index (κ2) is 8.75. The zero-order valence-electron chi connectivity index (χ0n) is 14.8. The zero-order chi connectivity index (χ0) is 19.4. The van der Waals surface area contributed by atoms with Crippen LogP contribution in [0, 0.1) is 12.7 Å². The van der Waals surface area contributed by atoms with Gasteiger partial charge in [0.25, 0.3) is 0 Å². The first-order valence-electron chi connectivity index (χ1n) is 8.64. The molecule has 0 aliphatic heterocycles. The average molecular weight is 404 g/mol. The highest BCUT2D eigenvalue weighted by atomic mass is 35.5. The third-order valence-corrected chi connectivity index (χ3v) is 5.19. The van der Waals surface area contributed by atoms with Gasteiger partial charge in [0.1, 0.15) is 5.82 Å². The van der Waals surface area contributed by atoms with E-state index in [0.717, 1.165) is 22.4 Å². The van der Waals surface area contributed by atoms with Crippen LogP contribution in [0.2, 0.25) is 10.0 Å². The molecule has 0 amide bonds. The standard InChI is InChI=1S/C22H20Cl2FNO/c1-14-2-4-15(5-3-14)22(27)13-21(16-6-11-19(23)20(24)12-16)26-18-9-7-17(25)8-10-18/h2-12,21-22,26-27H,13H2,1H3. The van der Waals surface area contributed by atoms with E-state index in [0.29, 0.717) is 16.5 Å². The van der Waals surface area contributed by atoms with Gasteiger partial charge in [-0.2, -0.15) is 0 Å². The molecular formula is C22H20Cl2FNO. The van der Waals surface area contributed by atoms with E-state index in [1.807, 2.05) is 37.3 Å². The van der Waals surface area contributed by atoms with Crippen LogP contribution in [0.1, 0.15) is 35.3 Å². The monoisotopic (exact) mass is 403 g/mol. The molecule has 0 heterocycles. The van der Waals surface area contributed by atoms with Crippen LogP contribution in [0.5, 0.6) is 0 Å². The van der Waals surface area contributed by atoms with Crippen molar-refractivity contribution in [3.63, 3.8) is 0 Å². The number of aliphatic hydroxyl groups excluding tert-OH is 1. The number of aliphatic hydroxyl groups is 1. The summed E-state index contributed by atoms with van der Waals surface area (Å²) < 4.78 is 13.2. The van der Waals surface area contributed by atoms with Gasteiger partial charge in [0.2, 0.25) is 0 Å². The van der Waals surface area contributed by atoms with Crippen LogP contribution < -0.4 is 5.32 Å². The first-order chi connectivity index (χ1) is 12.9. The van der Waals surface area contributed by atoms with Crippen LogP contribution in [0.4, 0.5) is 10.1 Å². The van der Waals surface area contributed by atoms with Crippen molar-refractivity contribution in [1.29, 1.82) is 0 Å². The van der Waals surface area contributed by atoms with Gasteiger partial charge in [0.05, 0.1) is 22.2 Å². The Hall–Kier alpha value is -2.07. The first kappa shape index (κ1) is 19.7. The lowest BCUT2D eigenvalue weighted by molar-refractivity contribution is 0.160. The Kier molecular flexibility index (Phi) is 6.38. The van der Waals surface area contributed by atoms with Gasteiger partial charge in [-0.15, -0.1) is 0 Å². The number of rotatable bonds is 6. The molecule has 27 heavy (non-hydrogen) atoms. The smallest absolute Gasteiger partial charge is 0.123 e. The fourth-order valence-corrected chi connectivity index (χ4v) is 3.21. The Morgan fingerprint density at radius 1 is 0.889 bits per heavy atom. The van der Waals surface area contributed by atoms with E-state index in [9.17, 15) is 9.50 Å². The molecule has 140 valence electrons. The van der Waals surface area contributed by atoms with Gasteiger partial charge in [-0.25, -0.2) is 4.39 Å². The molecule has 2 nitrogen and oxygen atoms in total. The van der Waals surface area contributed by atoms with Gasteiger partial charge in [0, 0.05) is 12.1 Å². The topological polar surface area (TPSA) is 32.3 Å². The Morgan fingerprint density at radius 3 is 2.15 bits per heavy atom.